The number of fused-ring (bicyclic) bond motifs is 1. The Bertz CT molecular complexity index is 1450. The maximum absolute atomic E-state index is 14.9. The molecule has 0 spiro atoms. The van der Waals surface area contributed by atoms with Crippen LogP contribution in [0.4, 0.5) is 9.59 Å². The zero-order chi connectivity index (χ0) is 32.5. The second-order valence-corrected chi connectivity index (χ2v) is 13.6. The molecule has 0 unspecified atom stereocenters. The Balaban J connectivity index is 1.61. The van der Waals surface area contributed by atoms with E-state index in [-0.39, 0.29) is 31.3 Å². The Morgan fingerprint density at radius 1 is 1.04 bits per heavy atom. The fourth-order valence-corrected chi connectivity index (χ4v) is 6.69. The molecule has 45 heavy (non-hydrogen) atoms. The molecule has 5 rings (SSSR count). The van der Waals surface area contributed by atoms with Crippen molar-refractivity contribution in [1.29, 1.82) is 0 Å². The molecule has 3 heterocycles. The number of carbonyl (C=O) groups is 3. The molecule has 0 radical (unpaired) electrons. The van der Waals surface area contributed by atoms with Gasteiger partial charge in [0.1, 0.15) is 12.2 Å². The standard InChI is InChI=1S/C35H44N2O8/c1-8-14-35(5,6)18-26-29(31(38)37-24(20-42-33(37)40)15-22-12-10-9-11-13-22)25(19-36(26)32(39)45-34(2,3)4)23-16-27(41-7)30-28(17-23)43-21-44-30/h8-14,16-17,24-26,29H,15,18-21H2,1-7H3/b14-8+/t24-,25+,26-,29+/m0/s1. The summed E-state index contributed by atoms with van der Waals surface area (Å²) in [5.74, 6) is -0.230. The van der Waals surface area contributed by atoms with E-state index in [1.165, 1.54) is 4.90 Å². The van der Waals surface area contributed by atoms with Gasteiger partial charge in [-0.05, 0) is 69.2 Å². The molecule has 2 aromatic rings. The second-order valence-electron chi connectivity index (χ2n) is 13.6. The Morgan fingerprint density at radius 2 is 1.78 bits per heavy atom. The van der Waals surface area contributed by atoms with E-state index >= 15 is 0 Å². The summed E-state index contributed by atoms with van der Waals surface area (Å²) in [6, 6.07) is 12.3. The minimum absolute atomic E-state index is 0.0488. The molecule has 0 N–H and O–H groups in total. The molecule has 10 heteroatoms. The lowest BCUT2D eigenvalue weighted by atomic mass is 9.76. The highest BCUT2D eigenvalue weighted by molar-refractivity contribution is 5.96. The first-order valence-corrected chi connectivity index (χ1v) is 15.5. The van der Waals surface area contributed by atoms with Gasteiger partial charge in [0.25, 0.3) is 0 Å². The topological polar surface area (TPSA) is 104 Å². The third-order valence-corrected chi connectivity index (χ3v) is 8.53. The number of hydrogen-bond acceptors (Lipinski definition) is 8. The van der Waals surface area contributed by atoms with Crippen molar-refractivity contribution in [2.75, 3.05) is 27.1 Å². The number of hydrogen-bond donors (Lipinski definition) is 0. The maximum Gasteiger partial charge on any atom is 0.416 e. The van der Waals surface area contributed by atoms with Gasteiger partial charge < -0.3 is 28.6 Å². The number of benzene rings is 2. The highest BCUT2D eigenvalue weighted by atomic mass is 16.7. The van der Waals surface area contributed by atoms with Crippen LogP contribution in [0.25, 0.3) is 0 Å². The van der Waals surface area contributed by atoms with Gasteiger partial charge in [-0.2, -0.15) is 0 Å². The molecule has 4 atom stereocenters. The number of amides is 3. The predicted molar refractivity (Wildman–Crippen MR) is 167 cm³/mol. The summed E-state index contributed by atoms with van der Waals surface area (Å²) in [6.07, 6.45) is 3.76. The Morgan fingerprint density at radius 3 is 2.44 bits per heavy atom. The van der Waals surface area contributed by atoms with E-state index in [0.29, 0.717) is 30.1 Å². The van der Waals surface area contributed by atoms with Gasteiger partial charge >= 0.3 is 12.2 Å². The van der Waals surface area contributed by atoms with Crippen molar-refractivity contribution in [3.63, 3.8) is 0 Å². The normalized spacial score (nSPS) is 23.0. The molecule has 0 saturated carbocycles. The van der Waals surface area contributed by atoms with Gasteiger partial charge in [-0.3, -0.25) is 4.79 Å². The maximum atomic E-state index is 14.9. The molecule has 2 aromatic carbocycles. The first-order chi connectivity index (χ1) is 21.3. The van der Waals surface area contributed by atoms with Crippen LogP contribution in [0, 0.1) is 11.3 Å². The number of rotatable bonds is 8. The number of cyclic esters (lactones) is 1. The smallest absolute Gasteiger partial charge is 0.416 e. The van der Waals surface area contributed by atoms with Crippen molar-refractivity contribution >= 4 is 18.1 Å². The van der Waals surface area contributed by atoms with Gasteiger partial charge in [0.15, 0.2) is 11.5 Å². The number of allylic oxidation sites excluding steroid dienone is 2. The lowest BCUT2D eigenvalue weighted by Crippen LogP contribution is -2.50. The molecule has 3 aliphatic rings. The van der Waals surface area contributed by atoms with Crippen LogP contribution in [0.5, 0.6) is 17.2 Å². The number of imide groups is 1. The lowest BCUT2D eigenvalue weighted by Gasteiger charge is -2.35. The zero-order valence-electron chi connectivity index (χ0n) is 27.2. The largest absolute Gasteiger partial charge is 0.493 e. The zero-order valence-corrected chi connectivity index (χ0v) is 27.2. The molecular weight excluding hydrogens is 576 g/mol. The van der Waals surface area contributed by atoms with Gasteiger partial charge in [0.2, 0.25) is 18.4 Å². The van der Waals surface area contributed by atoms with Gasteiger partial charge in [0.05, 0.1) is 19.1 Å². The number of carbonyl (C=O) groups excluding carboxylic acids is 3. The SMILES string of the molecule is C/C=C/C(C)(C)C[C@H]1[C@H](C(=O)N2C(=O)OC[C@@H]2Cc2ccccc2)[C@@H](c2cc(OC)c3c(c2)OCO3)CN1C(=O)OC(C)(C)C. The summed E-state index contributed by atoms with van der Waals surface area (Å²) in [5, 5.41) is 0. The minimum Gasteiger partial charge on any atom is -0.493 e. The van der Waals surface area contributed by atoms with Crippen LogP contribution in [0.2, 0.25) is 0 Å². The summed E-state index contributed by atoms with van der Waals surface area (Å²) in [5.41, 5.74) is 0.596. The van der Waals surface area contributed by atoms with E-state index in [0.717, 1.165) is 11.1 Å². The Hall–Kier alpha value is -4.21. The highest BCUT2D eigenvalue weighted by Gasteiger charge is 2.54. The number of methoxy groups -OCH3 is 1. The summed E-state index contributed by atoms with van der Waals surface area (Å²) in [6.45, 7) is 11.9. The van der Waals surface area contributed by atoms with Crippen molar-refractivity contribution in [3.05, 3.63) is 65.7 Å². The van der Waals surface area contributed by atoms with Crippen LogP contribution >= 0.6 is 0 Å². The third-order valence-electron chi connectivity index (χ3n) is 8.53. The predicted octanol–water partition coefficient (Wildman–Crippen LogP) is 6.33. The van der Waals surface area contributed by atoms with Crippen molar-refractivity contribution in [1.82, 2.24) is 9.80 Å². The van der Waals surface area contributed by atoms with E-state index in [2.05, 4.69) is 19.9 Å². The lowest BCUT2D eigenvalue weighted by molar-refractivity contribution is -0.134. The molecular formula is C35H44N2O8. The highest BCUT2D eigenvalue weighted by Crippen LogP contribution is 2.49. The van der Waals surface area contributed by atoms with Crippen LogP contribution in [0.1, 0.15) is 65.0 Å². The first kappa shape index (κ1) is 32.2. The second kappa shape index (κ2) is 12.7. The van der Waals surface area contributed by atoms with Crippen LogP contribution in [0.3, 0.4) is 0 Å². The van der Waals surface area contributed by atoms with Crippen molar-refractivity contribution in [2.24, 2.45) is 11.3 Å². The fourth-order valence-electron chi connectivity index (χ4n) is 6.69. The van der Waals surface area contributed by atoms with E-state index in [1.807, 2.05) is 76.2 Å². The number of likely N-dealkylation sites (tertiary alicyclic amines) is 1. The first-order valence-electron chi connectivity index (χ1n) is 15.5. The molecule has 3 aliphatic heterocycles. The number of nitrogens with zero attached hydrogens (tertiary/aromatic N) is 2. The third kappa shape index (κ3) is 6.89. The summed E-state index contributed by atoms with van der Waals surface area (Å²) in [4.78, 5) is 44.9. The molecule has 2 fully saturated rings. The van der Waals surface area contributed by atoms with Crippen LogP contribution < -0.4 is 14.2 Å². The summed E-state index contributed by atoms with van der Waals surface area (Å²) >= 11 is 0. The van der Waals surface area contributed by atoms with Crippen molar-refractivity contribution in [2.45, 2.75) is 78.0 Å². The van der Waals surface area contributed by atoms with Crippen LogP contribution in [0.15, 0.2) is 54.6 Å². The summed E-state index contributed by atoms with van der Waals surface area (Å²) < 4.78 is 28.4. The summed E-state index contributed by atoms with van der Waals surface area (Å²) in [7, 11) is 1.54. The monoisotopic (exact) mass is 620 g/mol. The van der Waals surface area contributed by atoms with Gasteiger partial charge in [-0.25, -0.2) is 14.5 Å². The van der Waals surface area contributed by atoms with Crippen molar-refractivity contribution in [3.8, 4) is 17.2 Å². The average molecular weight is 621 g/mol. The van der Waals surface area contributed by atoms with Crippen LogP contribution in [-0.4, -0.2) is 72.6 Å². The Kier molecular flexibility index (Phi) is 9.05. The molecule has 2 saturated heterocycles. The Labute approximate surface area is 265 Å². The van der Waals surface area contributed by atoms with E-state index in [4.69, 9.17) is 23.7 Å². The molecule has 242 valence electrons. The van der Waals surface area contributed by atoms with Gasteiger partial charge in [-0.15, -0.1) is 0 Å². The molecule has 0 aromatic heterocycles. The number of ether oxygens (including phenoxy) is 5. The van der Waals surface area contributed by atoms with E-state index in [9.17, 15) is 14.4 Å². The molecule has 0 bridgehead atoms. The van der Waals surface area contributed by atoms with Crippen LogP contribution in [-0.2, 0) is 20.7 Å². The van der Waals surface area contributed by atoms with Gasteiger partial charge in [0, 0.05) is 18.5 Å². The minimum atomic E-state index is -0.795. The molecule has 3 amide bonds. The molecule has 0 aliphatic carbocycles. The fraction of sp³-hybridized carbons (Fsp3) is 0.514. The molecule has 10 nitrogen and oxygen atoms in total. The van der Waals surface area contributed by atoms with E-state index in [1.54, 1.807) is 12.0 Å². The van der Waals surface area contributed by atoms with E-state index < -0.39 is 41.7 Å². The quantitative estimate of drug-likeness (QED) is 0.316. The van der Waals surface area contributed by atoms with Crippen molar-refractivity contribution < 1.29 is 38.1 Å². The van der Waals surface area contributed by atoms with Gasteiger partial charge in [-0.1, -0.05) is 56.3 Å². The average Bonchev–Trinajstić information content (AvgIpc) is 3.68.